The average Bonchev–Trinajstić information content (AvgIpc) is 2.84. The van der Waals surface area contributed by atoms with Crippen LogP contribution in [0.5, 0.6) is 34.5 Å². The van der Waals surface area contributed by atoms with Gasteiger partial charge in [-0.2, -0.15) is 0 Å². The molecule has 0 aliphatic carbocycles. The summed E-state index contributed by atoms with van der Waals surface area (Å²) >= 11 is 0. The number of hydrogen-bond acceptors (Lipinski definition) is 6. The van der Waals surface area contributed by atoms with Crippen molar-refractivity contribution >= 4 is 0 Å². The molecule has 0 atom stereocenters. The molecule has 0 saturated carbocycles. The van der Waals surface area contributed by atoms with E-state index in [0.717, 1.165) is 16.7 Å². The van der Waals surface area contributed by atoms with Gasteiger partial charge in [-0.3, -0.25) is 0 Å². The molecule has 0 radical (unpaired) electrons. The molecule has 0 unspecified atom stereocenters. The van der Waals surface area contributed by atoms with Crippen LogP contribution >= 0.6 is 0 Å². The molecule has 0 aliphatic heterocycles. The summed E-state index contributed by atoms with van der Waals surface area (Å²) in [7, 11) is 9.73. The van der Waals surface area contributed by atoms with Crippen LogP contribution in [0.4, 0.5) is 0 Å². The van der Waals surface area contributed by atoms with E-state index in [9.17, 15) is 0 Å². The van der Waals surface area contributed by atoms with Gasteiger partial charge in [-0.1, -0.05) is 30.3 Å². The molecule has 3 aromatic rings. The third kappa shape index (κ3) is 4.33. The molecule has 0 fully saturated rings. The van der Waals surface area contributed by atoms with Gasteiger partial charge in [0.2, 0.25) is 0 Å². The van der Waals surface area contributed by atoms with Crippen molar-refractivity contribution in [2.24, 2.45) is 0 Å². The number of ether oxygens (including phenoxy) is 6. The second kappa shape index (κ2) is 9.98. The molecule has 0 aromatic heterocycles. The number of methoxy groups -OCH3 is 6. The second-order valence-electron chi connectivity index (χ2n) is 6.73. The van der Waals surface area contributed by atoms with Crippen LogP contribution in [0.3, 0.4) is 0 Å². The Labute approximate surface area is 183 Å². The lowest BCUT2D eigenvalue weighted by Gasteiger charge is -2.27. The Hall–Kier alpha value is -3.54. The van der Waals surface area contributed by atoms with Crippen LogP contribution in [-0.4, -0.2) is 42.7 Å². The van der Waals surface area contributed by atoms with Gasteiger partial charge in [0, 0.05) is 41.3 Å². The largest absolute Gasteiger partial charge is 0.496 e. The monoisotopic (exact) mass is 424 g/mol. The van der Waals surface area contributed by atoms with Crippen molar-refractivity contribution in [3.8, 4) is 34.5 Å². The van der Waals surface area contributed by atoms with Crippen molar-refractivity contribution in [3.05, 3.63) is 71.3 Å². The van der Waals surface area contributed by atoms with Gasteiger partial charge in [0.1, 0.15) is 34.5 Å². The third-order valence-corrected chi connectivity index (χ3v) is 5.22. The summed E-state index contributed by atoms with van der Waals surface area (Å²) in [6, 6.07) is 17.4. The molecule has 164 valence electrons. The van der Waals surface area contributed by atoms with Crippen LogP contribution in [0, 0.1) is 0 Å². The van der Waals surface area contributed by atoms with Crippen LogP contribution in [-0.2, 0) is 0 Å². The zero-order valence-corrected chi connectivity index (χ0v) is 18.7. The first-order valence-electron chi connectivity index (χ1n) is 9.76. The minimum atomic E-state index is -0.312. The van der Waals surface area contributed by atoms with E-state index in [0.29, 0.717) is 34.5 Å². The quantitative estimate of drug-likeness (QED) is 0.455. The summed E-state index contributed by atoms with van der Waals surface area (Å²) in [6.07, 6.45) is 0. The topological polar surface area (TPSA) is 55.4 Å². The summed E-state index contributed by atoms with van der Waals surface area (Å²) < 4.78 is 34.0. The Morgan fingerprint density at radius 2 is 0.839 bits per heavy atom. The normalized spacial score (nSPS) is 10.5. The molecule has 0 amide bonds. The molecule has 0 spiro atoms. The number of rotatable bonds is 9. The van der Waals surface area contributed by atoms with Gasteiger partial charge in [-0.25, -0.2) is 0 Å². The van der Waals surface area contributed by atoms with Gasteiger partial charge < -0.3 is 28.4 Å². The molecule has 6 nitrogen and oxygen atoms in total. The highest BCUT2D eigenvalue weighted by atomic mass is 16.5. The van der Waals surface area contributed by atoms with Crippen molar-refractivity contribution < 1.29 is 28.4 Å². The molecular formula is C25H28O6. The Bertz CT molecular complexity index is 902. The zero-order valence-electron chi connectivity index (χ0n) is 18.7. The highest BCUT2D eigenvalue weighted by Gasteiger charge is 2.31. The van der Waals surface area contributed by atoms with Crippen LogP contribution in [0.15, 0.2) is 54.6 Å². The lowest BCUT2D eigenvalue weighted by atomic mass is 9.82. The smallest absolute Gasteiger partial charge is 0.130 e. The lowest BCUT2D eigenvalue weighted by Crippen LogP contribution is -2.11. The second-order valence-corrected chi connectivity index (χ2v) is 6.73. The van der Waals surface area contributed by atoms with Crippen LogP contribution < -0.4 is 28.4 Å². The Morgan fingerprint density at radius 3 is 1.13 bits per heavy atom. The maximum atomic E-state index is 5.78. The van der Waals surface area contributed by atoms with E-state index < -0.39 is 0 Å². The van der Waals surface area contributed by atoms with E-state index in [2.05, 4.69) is 12.1 Å². The first-order valence-corrected chi connectivity index (χ1v) is 9.76. The Balaban J connectivity index is 2.42. The van der Waals surface area contributed by atoms with Crippen molar-refractivity contribution in [1.29, 1.82) is 0 Å². The van der Waals surface area contributed by atoms with Crippen LogP contribution in [0.2, 0.25) is 0 Å². The maximum absolute atomic E-state index is 5.78. The molecular weight excluding hydrogens is 396 g/mol. The highest BCUT2D eigenvalue weighted by molar-refractivity contribution is 5.64. The number of hydrogen-bond donors (Lipinski definition) is 0. The van der Waals surface area contributed by atoms with Crippen molar-refractivity contribution in [2.75, 3.05) is 42.7 Å². The summed E-state index contributed by atoms with van der Waals surface area (Å²) in [6.45, 7) is 0. The van der Waals surface area contributed by atoms with Crippen molar-refractivity contribution in [3.63, 3.8) is 0 Å². The Kier molecular flexibility index (Phi) is 7.13. The number of benzene rings is 3. The average molecular weight is 424 g/mol. The van der Waals surface area contributed by atoms with E-state index in [1.165, 1.54) is 0 Å². The van der Waals surface area contributed by atoms with Crippen LogP contribution in [0.1, 0.15) is 22.6 Å². The summed E-state index contributed by atoms with van der Waals surface area (Å²) in [5.74, 6) is 3.48. The summed E-state index contributed by atoms with van der Waals surface area (Å²) in [4.78, 5) is 0. The zero-order chi connectivity index (χ0) is 22.4. The highest BCUT2D eigenvalue weighted by Crippen LogP contribution is 2.50. The third-order valence-electron chi connectivity index (χ3n) is 5.22. The standard InChI is InChI=1S/C25H28O6/c1-26-17-12-19(28-3)24(20(13-17)29-4)23(16-10-8-7-9-11-16)25-21(30-5)14-18(27-2)15-22(25)31-6/h7-15,23H,1-6H3. The van der Waals surface area contributed by atoms with Crippen molar-refractivity contribution in [2.45, 2.75) is 5.92 Å². The van der Waals surface area contributed by atoms with E-state index in [4.69, 9.17) is 28.4 Å². The van der Waals surface area contributed by atoms with Gasteiger partial charge in [0.15, 0.2) is 0 Å². The van der Waals surface area contributed by atoms with E-state index in [1.807, 2.05) is 42.5 Å². The first kappa shape index (κ1) is 22.2. The molecule has 0 aliphatic rings. The molecule has 3 aromatic carbocycles. The molecule has 3 rings (SSSR count). The predicted octanol–water partition coefficient (Wildman–Crippen LogP) is 4.92. The van der Waals surface area contributed by atoms with Gasteiger partial charge >= 0.3 is 0 Å². The molecule has 0 bridgehead atoms. The molecule has 0 N–H and O–H groups in total. The molecule has 31 heavy (non-hydrogen) atoms. The van der Waals surface area contributed by atoms with Gasteiger partial charge in [-0.15, -0.1) is 0 Å². The van der Waals surface area contributed by atoms with Gasteiger partial charge in [0.25, 0.3) is 0 Å². The van der Waals surface area contributed by atoms with Crippen LogP contribution in [0.25, 0.3) is 0 Å². The maximum Gasteiger partial charge on any atom is 0.130 e. The van der Waals surface area contributed by atoms with Crippen molar-refractivity contribution in [1.82, 2.24) is 0 Å². The Morgan fingerprint density at radius 1 is 0.484 bits per heavy atom. The van der Waals surface area contributed by atoms with Gasteiger partial charge in [0.05, 0.1) is 42.7 Å². The molecule has 0 heterocycles. The van der Waals surface area contributed by atoms with E-state index >= 15 is 0 Å². The summed E-state index contributed by atoms with van der Waals surface area (Å²) in [5, 5.41) is 0. The van der Waals surface area contributed by atoms with E-state index in [1.54, 1.807) is 42.7 Å². The van der Waals surface area contributed by atoms with E-state index in [-0.39, 0.29) is 5.92 Å². The minimum absolute atomic E-state index is 0.312. The fraction of sp³-hybridized carbons (Fsp3) is 0.280. The molecule has 6 heteroatoms. The summed E-state index contributed by atoms with van der Waals surface area (Å²) in [5.41, 5.74) is 2.68. The first-order chi connectivity index (χ1) is 15.1. The minimum Gasteiger partial charge on any atom is -0.496 e. The SMILES string of the molecule is COc1cc(OC)c(C(c2ccccc2)c2c(OC)cc(OC)cc2OC)c(OC)c1. The van der Waals surface area contributed by atoms with Gasteiger partial charge in [-0.05, 0) is 5.56 Å². The predicted molar refractivity (Wildman–Crippen MR) is 120 cm³/mol. The molecule has 0 saturated heterocycles. The fourth-order valence-corrected chi connectivity index (χ4v) is 3.76. The fourth-order valence-electron chi connectivity index (χ4n) is 3.76. The lowest BCUT2D eigenvalue weighted by molar-refractivity contribution is 0.359.